The van der Waals surface area contributed by atoms with Crippen LogP contribution >= 0.6 is 0 Å². The van der Waals surface area contributed by atoms with Crippen molar-refractivity contribution in [1.82, 2.24) is 10.3 Å². The molecular weight excluding hydrogens is 258 g/mol. The molecule has 1 aromatic rings. The monoisotopic (exact) mass is 279 g/mol. The van der Waals surface area contributed by atoms with Crippen LogP contribution in [-0.4, -0.2) is 29.7 Å². The second kappa shape index (κ2) is 6.76. The number of nitrogens with zero attached hydrogens (tertiary/aromatic N) is 2. The lowest BCUT2D eigenvalue weighted by molar-refractivity contribution is -0.386. The maximum Gasteiger partial charge on any atom is 0.278 e. The van der Waals surface area contributed by atoms with Crippen LogP contribution in [0.2, 0.25) is 0 Å². The van der Waals surface area contributed by atoms with E-state index >= 15 is 0 Å². The Balaban J connectivity index is 1.79. The van der Waals surface area contributed by atoms with Crippen LogP contribution in [0.3, 0.4) is 0 Å². The van der Waals surface area contributed by atoms with Gasteiger partial charge in [0.15, 0.2) is 0 Å². The Morgan fingerprint density at radius 1 is 1.50 bits per heavy atom. The van der Waals surface area contributed by atoms with Crippen LogP contribution in [0.4, 0.5) is 5.69 Å². The van der Waals surface area contributed by atoms with Gasteiger partial charge in [0.25, 0.3) is 5.69 Å². The van der Waals surface area contributed by atoms with E-state index in [1.54, 1.807) is 20.0 Å². The van der Waals surface area contributed by atoms with Gasteiger partial charge >= 0.3 is 0 Å². The van der Waals surface area contributed by atoms with Gasteiger partial charge in [0.2, 0.25) is 0 Å². The van der Waals surface area contributed by atoms with Gasteiger partial charge in [-0.25, -0.2) is 0 Å². The van der Waals surface area contributed by atoms with Crippen molar-refractivity contribution in [2.75, 3.05) is 19.8 Å². The number of ether oxygens (including phenoxy) is 1. The van der Waals surface area contributed by atoms with Crippen molar-refractivity contribution in [3.05, 3.63) is 33.1 Å². The fourth-order valence-electron chi connectivity index (χ4n) is 2.11. The zero-order valence-electron chi connectivity index (χ0n) is 12.0. The second-order valence-electron chi connectivity index (χ2n) is 5.31. The first-order valence-corrected chi connectivity index (χ1v) is 6.97. The van der Waals surface area contributed by atoms with Gasteiger partial charge in [-0.1, -0.05) is 0 Å². The van der Waals surface area contributed by atoms with Crippen LogP contribution in [0.5, 0.6) is 0 Å². The molecule has 6 nitrogen and oxygen atoms in total. The molecule has 0 amide bonds. The van der Waals surface area contributed by atoms with Gasteiger partial charge in [-0.3, -0.25) is 15.1 Å². The van der Waals surface area contributed by atoms with Gasteiger partial charge in [-0.2, -0.15) is 0 Å². The molecule has 0 atom stereocenters. The van der Waals surface area contributed by atoms with Gasteiger partial charge in [-0.15, -0.1) is 0 Å². The SMILES string of the molecule is Cc1cnc(CNCCOCC2CC2)c(C)c1[N+](=O)[O-]. The van der Waals surface area contributed by atoms with Crippen LogP contribution in [0.15, 0.2) is 6.20 Å². The van der Waals surface area contributed by atoms with E-state index in [0.717, 1.165) is 24.8 Å². The summed E-state index contributed by atoms with van der Waals surface area (Å²) >= 11 is 0. The van der Waals surface area contributed by atoms with Gasteiger partial charge in [0.1, 0.15) is 0 Å². The smallest absolute Gasteiger partial charge is 0.278 e. The van der Waals surface area contributed by atoms with Gasteiger partial charge < -0.3 is 10.1 Å². The molecule has 1 heterocycles. The van der Waals surface area contributed by atoms with Gasteiger partial charge in [0.05, 0.1) is 17.2 Å². The van der Waals surface area contributed by atoms with E-state index in [2.05, 4.69) is 10.3 Å². The third-order valence-corrected chi connectivity index (χ3v) is 3.52. The van der Waals surface area contributed by atoms with Crippen molar-refractivity contribution < 1.29 is 9.66 Å². The minimum Gasteiger partial charge on any atom is -0.380 e. The van der Waals surface area contributed by atoms with Crippen LogP contribution in [0.25, 0.3) is 0 Å². The zero-order chi connectivity index (χ0) is 14.5. The average molecular weight is 279 g/mol. The molecule has 0 aromatic carbocycles. The first kappa shape index (κ1) is 14.9. The van der Waals surface area contributed by atoms with E-state index in [9.17, 15) is 10.1 Å². The highest BCUT2D eigenvalue weighted by Gasteiger charge is 2.21. The highest BCUT2D eigenvalue weighted by Crippen LogP contribution is 2.28. The molecule has 0 unspecified atom stereocenters. The molecule has 1 fully saturated rings. The van der Waals surface area contributed by atoms with Crippen LogP contribution in [-0.2, 0) is 11.3 Å². The minimum absolute atomic E-state index is 0.168. The number of pyridine rings is 1. The Morgan fingerprint density at radius 3 is 2.90 bits per heavy atom. The number of rotatable bonds is 8. The van der Waals surface area contributed by atoms with Crippen LogP contribution < -0.4 is 5.32 Å². The molecule has 2 rings (SSSR count). The Hall–Kier alpha value is -1.53. The predicted octanol–water partition coefficient (Wildman–Crippen LogP) is 2.12. The lowest BCUT2D eigenvalue weighted by Gasteiger charge is -2.09. The van der Waals surface area contributed by atoms with Crippen molar-refractivity contribution >= 4 is 5.69 Å². The Morgan fingerprint density at radius 2 is 2.25 bits per heavy atom. The number of nitrogens with one attached hydrogen (secondary N) is 1. The van der Waals surface area contributed by atoms with Gasteiger partial charge in [0, 0.05) is 37.0 Å². The summed E-state index contributed by atoms with van der Waals surface area (Å²) in [6.07, 6.45) is 4.15. The molecule has 0 bridgehead atoms. The molecule has 0 aliphatic heterocycles. The first-order valence-electron chi connectivity index (χ1n) is 6.97. The van der Waals surface area contributed by atoms with E-state index in [1.807, 2.05) is 0 Å². The lowest BCUT2D eigenvalue weighted by Crippen LogP contribution is -2.21. The summed E-state index contributed by atoms with van der Waals surface area (Å²) in [4.78, 5) is 14.9. The highest BCUT2D eigenvalue weighted by atomic mass is 16.6. The molecule has 0 spiro atoms. The van der Waals surface area contributed by atoms with E-state index < -0.39 is 0 Å². The van der Waals surface area contributed by atoms with E-state index in [4.69, 9.17) is 4.74 Å². The quantitative estimate of drug-likeness (QED) is 0.448. The van der Waals surface area contributed by atoms with Gasteiger partial charge in [-0.05, 0) is 32.6 Å². The molecule has 1 aliphatic carbocycles. The third kappa shape index (κ3) is 3.98. The fourth-order valence-corrected chi connectivity index (χ4v) is 2.11. The number of aryl methyl sites for hydroxylation is 1. The normalized spacial score (nSPS) is 14.5. The summed E-state index contributed by atoms with van der Waals surface area (Å²) in [6, 6.07) is 0. The summed E-state index contributed by atoms with van der Waals surface area (Å²) in [7, 11) is 0. The molecule has 6 heteroatoms. The molecule has 1 saturated carbocycles. The number of hydrogen-bond acceptors (Lipinski definition) is 5. The molecule has 1 aliphatic rings. The van der Waals surface area contributed by atoms with Crippen LogP contribution in [0.1, 0.15) is 29.7 Å². The minimum atomic E-state index is -0.339. The lowest BCUT2D eigenvalue weighted by atomic mass is 10.1. The van der Waals surface area contributed by atoms with Crippen LogP contribution in [0, 0.1) is 29.9 Å². The third-order valence-electron chi connectivity index (χ3n) is 3.52. The highest BCUT2D eigenvalue weighted by molar-refractivity contribution is 5.47. The number of aromatic nitrogens is 1. The largest absolute Gasteiger partial charge is 0.380 e. The van der Waals surface area contributed by atoms with Crippen molar-refractivity contribution in [2.45, 2.75) is 33.2 Å². The first-order chi connectivity index (χ1) is 9.59. The molecule has 20 heavy (non-hydrogen) atoms. The maximum absolute atomic E-state index is 11.0. The molecule has 1 aromatic heterocycles. The number of hydrogen-bond donors (Lipinski definition) is 1. The maximum atomic E-state index is 11.0. The summed E-state index contributed by atoms with van der Waals surface area (Å²) in [5.74, 6) is 0.777. The van der Waals surface area contributed by atoms with Crippen molar-refractivity contribution in [3.63, 3.8) is 0 Å². The van der Waals surface area contributed by atoms with Crippen molar-refractivity contribution in [2.24, 2.45) is 5.92 Å². The molecule has 0 radical (unpaired) electrons. The summed E-state index contributed by atoms with van der Waals surface area (Å²) in [6.45, 7) is 6.24. The van der Waals surface area contributed by atoms with Crippen molar-refractivity contribution in [3.8, 4) is 0 Å². The molecular formula is C14H21N3O3. The Kier molecular flexibility index (Phi) is 5.03. The second-order valence-corrected chi connectivity index (χ2v) is 5.31. The topological polar surface area (TPSA) is 77.3 Å². The molecule has 1 N–H and O–H groups in total. The van der Waals surface area contributed by atoms with E-state index in [0.29, 0.717) is 24.3 Å². The molecule has 0 saturated heterocycles. The zero-order valence-corrected chi connectivity index (χ0v) is 12.0. The van der Waals surface area contributed by atoms with E-state index in [1.165, 1.54) is 12.8 Å². The summed E-state index contributed by atoms with van der Waals surface area (Å²) in [5.41, 5.74) is 2.14. The molecule has 110 valence electrons. The number of nitro groups is 1. The Labute approximate surface area is 118 Å². The predicted molar refractivity (Wildman–Crippen MR) is 75.6 cm³/mol. The fraction of sp³-hybridized carbons (Fsp3) is 0.643. The van der Waals surface area contributed by atoms with Crippen molar-refractivity contribution in [1.29, 1.82) is 0 Å². The van der Waals surface area contributed by atoms with E-state index in [-0.39, 0.29) is 10.6 Å². The Bertz CT molecular complexity index is 487. The standard InChI is InChI=1S/C14H21N3O3/c1-10-7-16-13(11(2)14(10)17(18)19)8-15-5-6-20-9-12-3-4-12/h7,12,15H,3-6,8-9H2,1-2H3. The average Bonchev–Trinajstić information content (AvgIpc) is 3.19. The summed E-state index contributed by atoms with van der Waals surface area (Å²) < 4.78 is 5.52. The summed E-state index contributed by atoms with van der Waals surface area (Å²) in [5, 5.41) is 14.2.